The van der Waals surface area contributed by atoms with Crippen molar-refractivity contribution in [3.8, 4) is 11.1 Å². The van der Waals surface area contributed by atoms with Gasteiger partial charge in [0.2, 0.25) is 0 Å². The number of hydrogen-bond donors (Lipinski definition) is 4. The average Bonchev–Trinajstić information content (AvgIpc) is 3.15. The lowest BCUT2D eigenvalue weighted by Crippen LogP contribution is -2.20. The molecule has 2 aromatic carbocycles. The summed E-state index contributed by atoms with van der Waals surface area (Å²) in [6.45, 7) is -0.252. The van der Waals surface area contributed by atoms with Gasteiger partial charge in [0.25, 0.3) is 0 Å². The first-order valence-corrected chi connectivity index (χ1v) is 9.82. The lowest BCUT2D eigenvalue weighted by molar-refractivity contribution is -0.137. The van der Waals surface area contributed by atoms with E-state index in [0.29, 0.717) is 27.9 Å². The molecule has 2 aromatic heterocycles. The van der Waals surface area contributed by atoms with Gasteiger partial charge >= 0.3 is 12.2 Å². The van der Waals surface area contributed by atoms with E-state index in [1.54, 1.807) is 30.5 Å². The molecule has 0 unspecified atom stereocenters. The number of halogens is 4. The van der Waals surface area contributed by atoms with Gasteiger partial charge in [-0.1, -0.05) is 23.7 Å². The molecule has 4 rings (SSSR count). The summed E-state index contributed by atoms with van der Waals surface area (Å²) >= 11 is 5.91. The van der Waals surface area contributed by atoms with Crippen molar-refractivity contribution in [2.24, 2.45) is 0 Å². The van der Waals surface area contributed by atoms with Crippen molar-refractivity contribution in [3.63, 3.8) is 0 Å². The third-order valence-electron chi connectivity index (χ3n) is 4.82. The zero-order valence-electron chi connectivity index (χ0n) is 16.7. The number of aliphatic hydroxyl groups is 1. The Morgan fingerprint density at radius 3 is 2.55 bits per heavy atom. The van der Waals surface area contributed by atoms with E-state index in [0.717, 1.165) is 18.2 Å². The smallest absolute Gasteiger partial charge is 0.392 e. The molecule has 0 bridgehead atoms. The van der Waals surface area contributed by atoms with Gasteiger partial charge in [0, 0.05) is 23.0 Å². The quantitative estimate of drug-likeness (QED) is 0.338. The molecular formula is C21H16ClF3N6O2. The van der Waals surface area contributed by atoms with Gasteiger partial charge in [-0.25, -0.2) is 14.3 Å². The molecule has 8 nitrogen and oxygen atoms in total. The van der Waals surface area contributed by atoms with Crippen molar-refractivity contribution >= 4 is 40.3 Å². The van der Waals surface area contributed by atoms with E-state index in [1.807, 2.05) is 0 Å². The molecule has 0 saturated carbocycles. The highest BCUT2D eigenvalue weighted by molar-refractivity contribution is 6.33. The van der Waals surface area contributed by atoms with Crippen molar-refractivity contribution in [2.45, 2.75) is 12.8 Å². The number of alkyl halides is 3. The van der Waals surface area contributed by atoms with E-state index in [4.69, 9.17) is 17.3 Å². The van der Waals surface area contributed by atoms with Gasteiger partial charge in [0.1, 0.15) is 11.8 Å². The number of nitrogens with zero attached hydrogens (tertiary/aromatic N) is 3. The minimum atomic E-state index is -4.57. The van der Waals surface area contributed by atoms with Crippen LogP contribution in [0.2, 0.25) is 5.02 Å². The molecule has 0 saturated heterocycles. The van der Waals surface area contributed by atoms with Crippen LogP contribution in [0.3, 0.4) is 0 Å². The molecule has 0 aliphatic heterocycles. The van der Waals surface area contributed by atoms with Crippen LogP contribution in [0.4, 0.5) is 35.2 Å². The Bertz CT molecular complexity index is 1340. The van der Waals surface area contributed by atoms with Gasteiger partial charge in [0.05, 0.1) is 22.9 Å². The number of anilines is 3. The topological polar surface area (TPSA) is 118 Å². The summed E-state index contributed by atoms with van der Waals surface area (Å²) in [5.74, 6) is 0.235. The summed E-state index contributed by atoms with van der Waals surface area (Å²) in [6.07, 6.45) is -1.63. The van der Waals surface area contributed by atoms with E-state index in [2.05, 4.69) is 20.7 Å². The number of aromatic nitrogens is 3. The van der Waals surface area contributed by atoms with Gasteiger partial charge in [-0.05, 0) is 35.9 Å². The molecule has 0 fully saturated rings. The predicted molar refractivity (Wildman–Crippen MR) is 118 cm³/mol. The molecule has 12 heteroatoms. The Morgan fingerprint density at radius 1 is 1.15 bits per heavy atom. The molecule has 0 aliphatic carbocycles. The lowest BCUT2D eigenvalue weighted by Gasteiger charge is -2.13. The summed E-state index contributed by atoms with van der Waals surface area (Å²) < 4.78 is 40.2. The van der Waals surface area contributed by atoms with Gasteiger partial charge < -0.3 is 21.5 Å². The number of rotatable bonds is 4. The maximum Gasteiger partial charge on any atom is 0.416 e. The minimum Gasteiger partial charge on any atom is -0.392 e. The number of aliphatic hydroxyl groups excluding tert-OH is 1. The summed E-state index contributed by atoms with van der Waals surface area (Å²) in [5.41, 5.74) is 7.68. The standard InChI is InChI=1S/C21H16ClF3N6O2/c22-15-6-3-13(21(23,24)25)7-16(15)30-20(33)29-14-4-1-11(2-5-14)17-12(9-32)8-31-18(17)19(26)27-10-28-31/h1-8,10,32H,9H2,(H2,26,27,28)(H2,29,30,33). The third kappa shape index (κ3) is 4.54. The second kappa shape index (κ2) is 8.60. The highest BCUT2D eigenvalue weighted by atomic mass is 35.5. The van der Waals surface area contributed by atoms with Crippen LogP contribution in [0.25, 0.3) is 16.6 Å². The van der Waals surface area contributed by atoms with Crippen LogP contribution >= 0.6 is 11.6 Å². The van der Waals surface area contributed by atoms with E-state index in [1.165, 1.54) is 10.8 Å². The molecule has 0 atom stereocenters. The van der Waals surface area contributed by atoms with Gasteiger partial charge in [0.15, 0.2) is 5.82 Å². The molecule has 4 aromatic rings. The monoisotopic (exact) mass is 476 g/mol. The third-order valence-corrected chi connectivity index (χ3v) is 5.15. The van der Waals surface area contributed by atoms with E-state index < -0.39 is 17.8 Å². The first-order chi connectivity index (χ1) is 15.7. The number of hydrogen-bond acceptors (Lipinski definition) is 5. The number of fused-ring (bicyclic) bond motifs is 1. The summed E-state index contributed by atoms with van der Waals surface area (Å²) in [4.78, 5) is 16.3. The summed E-state index contributed by atoms with van der Waals surface area (Å²) in [7, 11) is 0. The van der Waals surface area contributed by atoms with Gasteiger partial charge in [-0.3, -0.25) is 0 Å². The minimum absolute atomic E-state index is 0.0366. The van der Waals surface area contributed by atoms with Crippen LogP contribution in [-0.2, 0) is 12.8 Å². The Hall–Kier alpha value is -3.83. The molecule has 0 spiro atoms. The second-order valence-corrected chi connectivity index (χ2v) is 7.38. The van der Waals surface area contributed by atoms with E-state index in [9.17, 15) is 23.1 Å². The second-order valence-electron chi connectivity index (χ2n) is 6.97. The van der Waals surface area contributed by atoms with E-state index >= 15 is 0 Å². The van der Waals surface area contributed by atoms with Crippen molar-refractivity contribution in [2.75, 3.05) is 16.4 Å². The fraction of sp³-hybridized carbons (Fsp3) is 0.0952. The van der Waals surface area contributed by atoms with Crippen LogP contribution < -0.4 is 16.4 Å². The Labute approximate surface area is 189 Å². The molecule has 33 heavy (non-hydrogen) atoms. The summed E-state index contributed by atoms with van der Waals surface area (Å²) in [6, 6.07) is 8.43. The zero-order chi connectivity index (χ0) is 23.8. The molecule has 0 aliphatic rings. The fourth-order valence-corrected chi connectivity index (χ4v) is 3.49. The molecule has 2 amide bonds. The molecule has 0 radical (unpaired) electrons. The van der Waals surface area contributed by atoms with Crippen LogP contribution in [0.1, 0.15) is 11.1 Å². The number of amides is 2. The largest absolute Gasteiger partial charge is 0.416 e. The Kier molecular flexibility index (Phi) is 5.83. The normalized spacial score (nSPS) is 11.5. The predicted octanol–water partition coefficient (Wildman–Crippen LogP) is 4.79. The zero-order valence-corrected chi connectivity index (χ0v) is 17.4. The van der Waals surface area contributed by atoms with Crippen LogP contribution in [0, 0.1) is 0 Å². The lowest BCUT2D eigenvalue weighted by atomic mass is 10.0. The number of nitrogen functional groups attached to an aromatic ring is 1. The molecule has 170 valence electrons. The maximum absolute atomic E-state index is 12.9. The van der Waals surface area contributed by atoms with Crippen LogP contribution in [0.15, 0.2) is 55.0 Å². The van der Waals surface area contributed by atoms with Gasteiger partial charge in [-0.15, -0.1) is 0 Å². The number of carbonyl (C=O) groups excluding carboxylic acids is 1. The van der Waals surface area contributed by atoms with E-state index in [-0.39, 0.29) is 23.1 Å². The highest BCUT2D eigenvalue weighted by Crippen LogP contribution is 2.35. The number of nitrogens with two attached hydrogens (primary N) is 1. The fourth-order valence-electron chi connectivity index (χ4n) is 3.33. The van der Waals surface area contributed by atoms with Crippen molar-refractivity contribution in [1.29, 1.82) is 0 Å². The number of carbonyl (C=O) groups is 1. The van der Waals surface area contributed by atoms with Crippen molar-refractivity contribution in [1.82, 2.24) is 14.6 Å². The Morgan fingerprint density at radius 2 is 1.88 bits per heavy atom. The van der Waals surface area contributed by atoms with Gasteiger partial charge in [-0.2, -0.15) is 18.3 Å². The van der Waals surface area contributed by atoms with Crippen LogP contribution in [0.5, 0.6) is 0 Å². The first-order valence-electron chi connectivity index (χ1n) is 9.44. The van der Waals surface area contributed by atoms with Crippen molar-refractivity contribution < 1.29 is 23.1 Å². The average molecular weight is 477 g/mol. The maximum atomic E-state index is 12.9. The number of benzene rings is 2. The molecular weight excluding hydrogens is 461 g/mol. The summed E-state index contributed by atoms with van der Waals surface area (Å²) in [5, 5.41) is 18.6. The molecule has 2 heterocycles. The number of nitrogens with one attached hydrogen (secondary N) is 2. The van der Waals surface area contributed by atoms with Crippen LogP contribution in [-0.4, -0.2) is 25.7 Å². The first kappa shape index (κ1) is 22.4. The highest BCUT2D eigenvalue weighted by Gasteiger charge is 2.31. The number of urea groups is 1. The Balaban J connectivity index is 1.55. The SMILES string of the molecule is Nc1ncnn2cc(CO)c(-c3ccc(NC(=O)Nc4cc(C(F)(F)F)ccc4Cl)cc3)c12. The van der Waals surface area contributed by atoms with Crippen molar-refractivity contribution in [3.05, 3.63) is 71.1 Å². The molecule has 5 N–H and O–H groups in total.